The Labute approximate surface area is 92.1 Å². The summed E-state index contributed by atoms with van der Waals surface area (Å²) in [4.78, 5) is 22.8. The highest BCUT2D eigenvalue weighted by molar-refractivity contribution is 5.97. The second-order valence-electron chi connectivity index (χ2n) is 3.25. The van der Waals surface area contributed by atoms with Crippen LogP contribution in [0.1, 0.15) is 28.2 Å². The summed E-state index contributed by atoms with van der Waals surface area (Å²) in [6.45, 7) is -1.88. The largest absolute Gasteiger partial charge is 0.480 e. The number of carbonyl (C=O) groups excluding carboxylic acids is 1. The lowest BCUT2D eigenvalue weighted by atomic mass is 10.1. The van der Waals surface area contributed by atoms with Gasteiger partial charge in [-0.05, 0) is 25.9 Å². The SMILES string of the molecule is [2H]C([2H])([2H])[C@@](C)(NC(=O)c1ccccc1)C(=O)O. The van der Waals surface area contributed by atoms with E-state index >= 15 is 0 Å². The van der Waals surface area contributed by atoms with Gasteiger partial charge < -0.3 is 10.4 Å². The van der Waals surface area contributed by atoms with Gasteiger partial charge >= 0.3 is 5.97 Å². The van der Waals surface area contributed by atoms with Crippen LogP contribution in [0, 0.1) is 0 Å². The summed E-state index contributed by atoms with van der Waals surface area (Å²) < 4.78 is 21.6. The number of carboxylic acid groups (broad SMARTS) is 1. The molecule has 0 bridgehead atoms. The van der Waals surface area contributed by atoms with Crippen LogP contribution in [0.25, 0.3) is 0 Å². The van der Waals surface area contributed by atoms with Gasteiger partial charge in [-0.3, -0.25) is 4.79 Å². The van der Waals surface area contributed by atoms with Gasteiger partial charge in [-0.1, -0.05) is 18.2 Å². The highest BCUT2D eigenvalue weighted by Gasteiger charge is 2.29. The smallest absolute Gasteiger partial charge is 0.328 e. The van der Waals surface area contributed by atoms with Gasteiger partial charge in [0.05, 0.1) is 0 Å². The predicted molar refractivity (Wildman–Crippen MR) is 55.6 cm³/mol. The fourth-order valence-electron chi connectivity index (χ4n) is 0.942. The van der Waals surface area contributed by atoms with Crippen LogP contribution in [0.2, 0.25) is 0 Å². The summed E-state index contributed by atoms with van der Waals surface area (Å²) in [5, 5.41) is 11.0. The molecule has 1 aromatic rings. The second-order valence-corrected chi connectivity index (χ2v) is 3.25. The first kappa shape index (κ1) is 7.45. The lowest BCUT2D eigenvalue weighted by Crippen LogP contribution is -2.49. The Morgan fingerprint density at radius 3 is 2.47 bits per heavy atom. The van der Waals surface area contributed by atoms with Crippen molar-refractivity contribution in [2.75, 3.05) is 0 Å². The molecule has 15 heavy (non-hydrogen) atoms. The number of rotatable bonds is 3. The number of aliphatic carboxylic acids is 1. The van der Waals surface area contributed by atoms with Crippen LogP contribution in [0.15, 0.2) is 30.3 Å². The topological polar surface area (TPSA) is 66.4 Å². The summed E-state index contributed by atoms with van der Waals surface area (Å²) in [5.74, 6) is -2.34. The Morgan fingerprint density at radius 1 is 1.40 bits per heavy atom. The van der Waals surface area contributed by atoms with E-state index in [-0.39, 0.29) is 5.56 Å². The molecule has 0 heterocycles. The van der Waals surface area contributed by atoms with E-state index in [1.807, 2.05) is 5.32 Å². The molecule has 1 atom stereocenters. The minimum atomic E-state index is -2.84. The van der Waals surface area contributed by atoms with E-state index < -0.39 is 24.3 Å². The van der Waals surface area contributed by atoms with E-state index in [0.29, 0.717) is 0 Å². The summed E-state index contributed by atoms with van der Waals surface area (Å²) in [7, 11) is 0. The third-order valence-corrected chi connectivity index (χ3v) is 1.83. The zero-order valence-corrected chi connectivity index (χ0v) is 8.15. The quantitative estimate of drug-likeness (QED) is 0.789. The van der Waals surface area contributed by atoms with E-state index in [1.165, 1.54) is 12.1 Å². The Balaban J connectivity index is 3.01. The molecule has 0 aliphatic heterocycles. The molecule has 80 valence electrons. The van der Waals surface area contributed by atoms with Gasteiger partial charge in [0.2, 0.25) is 0 Å². The van der Waals surface area contributed by atoms with Crippen LogP contribution < -0.4 is 5.32 Å². The Kier molecular flexibility index (Phi) is 2.05. The number of amides is 1. The molecular formula is C11H13NO3. The van der Waals surface area contributed by atoms with E-state index in [4.69, 9.17) is 9.22 Å². The Bertz CT molecular complexity index is 458. The number of carbonyl (C=O) groups is 2. The van der Waals surface area contributed by atoms with Gasteiger partial charge in [-0.25, -0.2) is 4.79 Å². The van der Waals surface area contributed by atoms with Gasteiger partial charge in [0, 0.05) is 9.68 Å². The van der Waals surface area contributed by atoms with Crippen molar-refractivity contribution in [3.8, 4) is 0 Å². The van der Waals surface area contributed by atoms with Crippen LogP contribution in [0.4, 0.5) is 0 Å². The van der Waals surface area contributed by atoms with E-state index in [0.717, 1.165) is 6.92 Å². The molecule has 0 aliphatic rings. The molecule has 0 saturated heterocycles. The van der Waals surface area contributed by atoms with Gasteiger partial charge in [0.1, 0.15) is 5.54 Å². The molecule has 1 aromatic carbocycles. The molecule has 1 amide bonds. The predicted octanol–water partition coefficient (Wildman–Crippen LogP) is 1.28. The van der Waals surface area contributed by atoms with E-state index in [2.05, 4.69) is 0 Å². The molecule has 0 spiro atoms. The first-order chi connectivity index (χ1) is 8.18. The minimum Gasteiger partial charge on any atom is -0.480 e. The highest BCUT2D eigenvalue weighted by atomic mass is 16.4. The molecule has 1 rings (SSSR count). The molecule has 0 aromatic heterocycles. The lowest BCUT2D eigenvalue weighted by molar-refractivity contribution is -0.143. The monoisotopic (exact) mass is 210 g/mol. The third-order valence-electron chi connectivity index (χ3n) is 1.83. The van der Waals surface area contributed by atoms with Crippen molar-refractivity contribution in [3.05, 3.63) is 35.9 Å². The standard InChI is InChI=1S/C11H13NO3/c1-11(2,10(14)15)12-9(13)8-6-4-3-5-7-8/h3-7H,1-2H3,(H,12,13)(H,14,15)/i1D3/t11-/m0/s1. The number of nitrogens with one attached hydrogen (secondary N) is 1. The second kappa shape index (κ2) is 4.13. The zero-order chi connectivity index (χ0) is 14.0. The first-order valence-electron chi connectivity index (χ1n) is 5.79. The summed E-state index contributed by atoms with van der Waals surface area (Å²) >= 11 is 0. The van der Waals surface area contributed by atoms with Crippen molar-refractivity contribution in [1.82, 2.24) is 5.32 Å². The van der Waals surface area contributed by atoms with Crippen LogP contribution in [0.5, 0.6) is 0 Å². The average Bonchev–Trinajstić information content (AvgIpc) is 2.28. The highest BCUT2D eigenvalue weighted by Crippen LogP contribution is 2.05. The normalized spacial score (nSPS) is 17.8. The fourth-order valence-corrected chi connectivity index (χ4v) is 0.942. The van der Waals surface area contributed by atoms with Crippen molar-refractivity contribution in [3.63, 3.8) is 0 Å². The molecule has 4 nitrogen and oxygen atoms in total. The number of hydrogen-bond donors (Lipinski definition) is 2. The number of benzene rings is 1. The summed E-state index contributed by atoms with van der Waals surface area (Å²) in [6, 6.07) is 7.83. The summed E-state index contributed by atoms with van der Waals surface area (Å²) in [5.41, 5.74) is -2.12. The molecular weight excluding hydrogens is 194 g/mol. The van der Waals surface area contributed by atoms with Crippen LogP contribution in [0.3, 0.4) is 0 Å². The fraction of sp³-hybridized carbons (Fsp3) is 0.273. The molecule has 0 saturated carbocycles. The molecule has 4 heteroatoms. The van der Waals surface area contributed by atoms with E-state index in [9.17, 15) is 9.59 Å². The van der Waals surface area contributed by atoms with Crippen molar-refractivity contribution in [2.24, 2.45) is 0 Å². The van der Waals surface area contributed by atoms with Crippen molar-refractivity contribution in [1.29, 1.82) is 0 Å². The minimum absolute atomic E-state index is 0.203. The maximum atomic E-state index is 11.8. The van der Waals surface area contributed by atoms with Crippen LogP contribution >= 0.6 is 0 Å². The van der Waals surface area contributed by atoms with Crippen molar-refractivity contribution >= 4 is 11.9 Å². The first-order valence-corrected chi connectivity index (χ1v) is 4.29. The molecule has 0 fully saturated rings. The Morgan fingerprint density at radius 2 is 2.00 bits per heavy atom. The van der Waals surface area contributed by atoms with E-state index in [1.54, 1.807) is 18.2 Å². The van der Waals surface area contributed by atoms with Gasteiger partial charge in [-0.2, -0.15) is 0 Å². The maximum absolute atomic E-state index is 11.8. The number of hydrogen-bond acceptors (Lipinski definition) is 2. The lowest BCUT2D eigenvalue weighted by Gasteiger charge is -2.20. The average molecular weight is 210 g/mol. The van der Waals surface area contributed by atoms with Crippen LogP contribution in [-0.4, -0.2) is 22.5 Å². The van der Waals surface area contributed by atoms with Gasteiger partial charge in [0.25, 0.3) is 5.91 Å². The van der Waals surface area contributed by atoms with Crippen LogP contribution in [-0.2, 0) is 4.79 Å². The van der Waals surface area contributed by atoms with Gasteiger partial charge in [0.15, 0.2) is 0 Å². The van der Waals surface area contributed by atoms with Crippen molar-refractivity contribution in [2.45, 2.75) is 19.3 Å². The Hall–Kier alpha value is -1.84. The third kappa shape index (κ3) is 2.80. The molecule has 2 N–H and O–H groups in total. The van der Waals surface area contributed by atoms with Gasteiger partial charge in [-0.15, -0.1) is 0 Å². The zero-order valence-electron chi connectivity index (χ0n) is 11.2. The molecule has 0 unspecified atom stereocenters. The number of carboxylic acids is 1. The maximum Gasteiger partial charge on any atom is 0.328 e. The summed E-state index contributed by atoms with van der Waals surface area (Å²) in [6.07, 6.45) is 0. The molecule has 0 radical (unpaired) electrons. The molecule has 0 aliphatic carbocycles. The van der Waals surface area contributed by atoms with Crippen molar-refractivity contribution < 1.29 is 18.8 Å².